The summed E-state index contributed by atoms with van der Waals surface area (Å²) in [6, 6.07) is 10.7. The fourth-order valence-electron chi connectivity index (χ4n) is 2.11. The lowest BCUT2D eigenvalue weighted by Crippen LogP contribution is -2.23. The number of aromatic nitrogens is 2. The van der Waals surface area contributed by atoms with Gasteiger partial charge in [-0.2, -0.15) is 5.10 Å². The van der Waals surface area contributed by atoms with Gasteiger partial charge in [0.2, 0.25) is 10.0 Å². The van der Waals surface area contributed by atoms with Crippen LogP contribution in [-0.2, 0) is 23.6 Å². The minimum atomic E-state index is -3.66. The van der Waals surface area contributed by atoms with E-state index in [2.05, 4.69) is 9.82 Å². The van der Waals surface area contributed by atoms with Crippen molar-refractivity contribution in [3.63, 3.8) is 0 Å². The standard InChI is InChI=1S/C15H14ClN3O2S2/c1-19-10-14(15(18-19)13-3-2-8-22-13)23(20,21)17-9-11-4-6-12(16)7-5-11/h2-8,10,17H,9H2,1H3. The summed E-state index contributed by atoms with van der Waals surface area (Å²) in [4.78, 5) is 0.994. The molecule has 0 saturated heterocycles. The number of halogens is 1. The Hall–Kier alpha value is -1.67. The van der Waals surface area contributed by atoms with E-state index in [0.717, 1.165) is 10.4 Å². The van der Waals surface area contributed by atoms with Gasteiger partial charge < -0.3 is 0 Å². The van der Waals surface area contributed by atoms with Gasteiger partial charge in [0.1, 0.15) is 10.6 Å². The molecule has 2 aromatic heterocycles. The van der Waals surface area contributed by atoms with Gasteiger partial charge in [0.05, 0.1) is 4.88 Å². The second-order valence-corrected chi connectivity index (χ2v) is 8.06. The predicted octanol–water partition coefficient (Wildman–Crippen LogP) is 3.28. The van der Waals surface area contributed by atoms with Crippen molar-refractivity contribution in [2.24, 2.45) is 7.05 Å². The minimum absolute atomic E-state index is 0.177. The smallest absolute Gasteiger partial charge is 0.244 e. The van der Waals surface area contributed by atoms with E-state index in [9.17, 15) is 8.42 Å². The molecule has 1 N–H and O–H groups in total. The fraction of sp³-hybridized carbons (Fsp3) is 0.133. The molecule has 0 saturated carbocycles. The maximum absolute atomic E-state index is 12.6. The zero-order valence-electron chi connectivity index (χ0n) is 12.2. The molecule has 0 bridgehead atoms. The molecule has 0 radical (unpaired) electrons. The molecule has 5 nitrogen and oxygen atoms in total. The molecule has 3 rings (SSSR count). The second-order valence-electron chi connectivity index (χ2n) is 4.94. The molecule has 0 amide bonds. The number of sulfonamides is 1. The van der Waals surface area contributed by atoms with Crippen molar-refractivity contribution in [2.75, 3.05) is 0 Å². The van der Waals surface area contributed by atoms with Crippen LogP contribution in [0, 0.1) is 0 Å². The molecule has 0 aliphatic rings. The first-order chi connectivity index (χ1) is 11.0. The average Bonchev–Trinajstić information content (AvgIpc) is 3.16. The summed E-state index contributed by atoms with van der Waals surface area (Å²) in [5.41, 5.74) is 1.30. The molecular weight excluding hydrogens is 354 g/mol. The van der Waals surface area contributed by atoms with Crippen molar-refractivity contribution < 1.29 is 8.42 Å². The molecule has 2 heterocycles. The Balaban J connectivity index is 1.87. The Bertz CT molecular complexity index is 901. The normalized spacial score (nSPS) is 11.7. The van der Waals surface area contributed by atoms with Crippen molar-refractivity contribution >= 4 is 33.0 Å². The molecule has 120 valence electrons. The fourth-order valence-corrected chi connectivity index (χ4v) is 4.23. The number of thiophene rings is 1. The van der Waals surface area contributed by atoms with Crippen LogP contribution in [0.2, 0.25) is 5.02 Å². The van der Waals surface area contributed by atoms with Crippen molar-refractivity contribution in [3.8, 4) is 10.6 Å². The van der Waals surface area contributed by atoms with Gasteiger partial charge in [0.15, 0.2) is 0 Å². The van der Waals surface area contributed by atoms with E-state index in [1.165, 1.54) is 22.2 Å². The van der Waals surface area contributed by atoms with Gasteiger partial charge in [0.25, 0.3) is 0 Å². The zero-order valence-corrected chi connectivity index (χ0v) is 14.6. The summed E-state index contributed by atoms with van der Waals surface area (Å²) >= 11 is 7.28. The second kappa shape index (κ2) is 6.45. The van der Waals surface area contributed by atoms with Crippen LogP contribution in [0.5, 0.6) is 0 Å². The Morgan fingerprint density at radius 3 is 2.65 bits per heavy atom. The van der Waals surface area contributed by atoms with E-state index in [-0.39, 0.29) is 11.4 Å². The zero-order chi connectivity index (χ0) is 16.4. The lowest BCUT2D eigenvalue weighted by atomic mass is 10.2. The highest BCUT2D eigenvalue weighted by Crippen LogP contribution is 2.29. The first kappa shape index (κ1) is 16.2. The van der Waals surface area contributed by atoms with Crippen LogP contribution in [0.4, 0.5) is 0 Å². The van der Waals surface area contributed by atoms with E-state index in [1.54, 1.807) is 31.3 Å². The maximum atomic E-state index is 12.6. The quantitative estimate of drug-likeness (QED) is 0.752. The molecule has 1 aromatic carbocycles. The molecule has 0 spiro atoms. The Morgan fingerprint density at radius 1 is 1.26 bits per heavy atom. The van der Waals surface area contributed by atoms with E-state index < -0.39 is 10.0 Å². The van der Waals surface area contributed by atoms with Crippen LogP contribution < -0.4 is 4.72 Å². The van der Waals surface area contributed by atoms with Crippen LogP contribution >= 0.6 is 22.9 Å². The highest BCUT2D eigenvalue weighted by Gasteiger charge is 2.23. The van der Waals surface area contributed by atoms with Crippen LogP contribution in [0.3, 0.4) is 0 Å². The average molecular weight is 368 g/mol. The summed E-state index contributed by atoms with van der Waals surface area (Å²) < 4.78 is 29.3. The topological polar surface area (TPSA) is 64.0 Å². The van der Waals surface area contributed by atoms with E-state index in [4.69, 9.17) is 11.6 Å². The number of nitrogens with one attached hydrogen (secondary N) is 1. The minimum Gasteiger partial charge on any atom is -0.274 e. The Labute approximate surface area is 143 Å². The van der Waals surface area contributed by atoms with Gasteiger partial charge in [-0.1, -0.05) is 29.8 Å². The molecule has 0 aliphatic carbocycles. The lowest BCUT2D eigenvalue weighted by molar-refractivity contribution is 0.581. The Kier molecular flexibility index (Phi) is 4.54. The highest BCUT2D eigenvalue weighted by molar-refractivity contribution is 7.89. The van der Waals surface area contributed by atoms with Gasteiger partial charge in [0, 0.05) is 24.8 Å². The predicted molar refractivity (Wildman–Crippen MR) is 92.0 cm³/mol. The summed E-state index contributed by atoms with van der Waals surface area (Å²) in [5, 5.41) is 6.78. The molecule has 0 atom stereocenters. The molecular formula is C15H14ClN3O2S2. The largest absolute Gasteiger partial charge is 0.274 e. The monoisotopic (exact) mass is 367 g/mol. The molecule has 0 fully saturated rings. The number of aryl methyl sites for hydroxylation is 1. The van der Waals surface area contributed by atoms with Crippen molar-refractivity contribution in [3.05, 3.63) is 58.6 Å². The number of nitrogens with zero attached hydrogens (tertiary/aromatic N) is 2. The first-order valence-corrected chi connectivity index (χ1v) is 9.51. The van der Waals surface area contributed by atoms with Crippen LogP contribution in [0.25, 0.3) is 10.6 Å². The third kappa shape index (κ3) is 3.64. The van der Waals surface area contributed by atoms with Crippen molar-refractivity contribution in [1.29, 1.82) is 0 Å². The SMILES string of the molecule is Cn1cc(S(=O)(=O)NCc2ccc(Cl)cc2)c(-c2cccs2)n1. The lowest BCUT2D eigenvalue weighted by Gasteiger charge is -2.06. The third-order valence-electron chi connectivity index (χ3n) is 3.22. The Morgan fingerprint density at radius 2 is 2.00 bits per heavy atom. The number of hydrogen-bond acceptors (Lipinski definition) is 4. The van der Waals surface area contributed by atoms with E-state index in [0.29, 0.717) is 10.7 Å². The van der Waals surface area contributed by atoms with E-state index >= 15 is 0 Å². The summed E-state index contributed by atoms with van der Waals surface area (Å²) in [7, 11) is -1.96. The summed E-state index contributed by atoms with van der Waals surface area (Å²) in [5.74, 6) is 0. The first-order valence-electron chi connectivity index (χ1n) is 6.77. The van der Waals surface area contributed by atoms with Gasteiger partial charge in [-0.25, -0.2) is 13.1 Å². The van der Waals surface area contributed by atoms with Gasteiger partial charge in [-0.15, -0.1) is 11.3 Å². The van der Waals surface area contributed by atoms with Crippen molar-refractivity contribution in [2.45, 2.75) is 11.4 Å². The molecule has 23 heavy (non-hydrogen) atoms. The molecule has 8 heteroatoms. The van der Waals surface area contributed by atoms with Crippen LogP contribution in [0.1, 0.15) is 5.56 Å². The van der Waals surface area contributed by atoms with Gasteiger partial charge in [-0.05, 0) is 29.1 Å². The number of benzene rings is 1. The molecule has 3 aromatic rings. The summed E-state index contributed by atoms with van der Waals surface area (Å²) in [6.07, 6.45) is 1.51. The highest BCUT2D eigenvalue weighted by atomic mass is 35.5. The third-order valence-corrected chi connectivity index (χ3v) is 5.75. The van der Waals surface area contributed by atoms with Gasteiger partial charge >= 0.3 is 0 Å². The van der Waals surface area contributed by atoms with Crippen LogP contribution in [-0.4, -0.2) is 18.2 Å². The van der Waals surface area contributed by atoms with Crippen LogP contribution in [0.15, 0.2) is 52.9 Å². The summed E-state index contributed by atoms with van der Waals surface area (Å²) in [6.45, 7) is 0.193. The maximum Gasteiger partial charge on any atom is 0.244 e. The van der Waals surface area contributed by atoms with Gasteiger partial charge in [-0.3, -0.25) is 4.68 Å². The molecule has 0 aliphatic heterocycles. The van der Waals surface area contributed by atoms with Crippen molar-refractivity contribution in [1.82, 2.24) is 14.5 Å². The number of rotatable bonds is 5. The van der Waals surface area contributed by atoms with E-state index in [1.807, 2.05) is 17.5 Å². The number of hydrogen-bond donors (Lipinski definition) is 1. The molecule has 0 unspecified atom stereocenters.